The zero-order valence-electron chi connectivity index (χ0n) is 21.2. The Morgan fingerprint density at radius 1 is 1.21 bits per heavy atom. The van der Waals surface area contributed by atoms with Crippen LogP contribution in [0.2, 0.25) is 5.02 Å². The van der Waals surface area contributed by atoms with Crippen LogP contribution < -0.4 is 10.6 Å². The molecule has 38 heavy (non-hydrogen) atoms. The average molecular weight is 561 g/mol. The molecule has 1 fully saturated rings. The Balaban J connectivity index is 1.75. The number of aromatic nitrogens is 2. The van der Waals surface area contributed by atoms with E-state index in [0.717, 1.165) is 6.07 Å². The molecular formula is C27H27ClF2N4O3S. The highest BCUT2D eigenvalue weighted by atomic mass is 35.5. The summed E-state index contributed by atoms with van der Waals surface area (Å²) < 4.78 is 35.9. The molecule has 2 aromatic carbocycles. The van der Waals surface area contributed by atoms with Gasteiger partial charge in [0, 0.05) is 65.5 Å². The normalized spacial score (nSPS) is 21.5. The predicted molar refractivity (Wildman–Crippen MR) is 146 cm³/mol. The second kappa shape index (κ2) is 10.3. The Labute approximate surface area is 228 Å². The number of methoxy groups -OCH3 is 1. The number of nitrogens with zero attached hydrogens (tertiary/aromatic N) is 4. The van der Waals surface area contributed by atoms with Crippen molar-refractivity contribution in [1.29, 1.82) is 0 Å². The van der Waals surface area contributed by atoms with E-state index in [1.807, 2.05) is 18.7 Å². The average Bonchev–Trinajstić information content (AvgIpc) is 3.07. The molecule has 0 N–H and O–H groups in total. The number of amides is 1. The molecule has 2 aliphatic heterocycles. The molecule has 200 valence electrons. The summed E-state index contributed by atoms with van der Waals surface area (Å²) in [6, 6.07) is 4.74. The SMILES string of the molecule is C=CC(=O)N1[C@H](C)CN(c2nc(=O)n3c4c(c(-c5ccc(F)cc5F)c(Cl)cc24)SC[C@H](OC)C3)C[C@@H]1C. The molecule has 2 aliphatic rings. The molecule has 5 rings (SSSR count). The van der Waals surface area contributed by atoms with Crippen molar-refractivity contribution in [3.05, 3.63) is 64.1 Å². The molecule has 0 spiro atoms. The van der Waals surface area contributed by atoms with Crippen molar-refractivity contribution < 1.29 is 18.3 Å². The quantitative estimate of drug-likeness (QED) is 0.430. The summed E-state index contributed by atoms with van der Waals surface area (Å²) in [4.78, 5) is 34.8. The Morgan fingerprint density at radius 3 is 2.55 bits per heavy atom. The van der Waals surface area contributed by atoms with Gasteiger partial charge in [-0.1, -0.05) is 18.2 Å². The van der Waals surface area contributed by atoms with Crippen LogP contribution in [0.1, 0.15) is 13.8 Å². The summed E-state index contributed by atoms with van der Waals surface area (Å²) in [5.41, 5.74) is 0.660. The molecule has 0 saturated carbocycles. The first-order chi connectivity index (χ1) is 18.1. The Bertz CT molecular complexity index is 1500. The van der Waals surface area contributed by atoms with Gasteiger partial charge in [0.2, 0.25) is 5.91 Å². The standard InChI is InChI=1S/C27H27ClF2N4O3S/c1-5-22(35)34-14(2)10-32(11-15(34)3)26-19-9-20(28)23(18-7-6-16(29)8-21(18)30)25-24(19)33(27(36)31-26)12-17(37-4)13-38-25/h5-9,14-15,17H,1,10-13H2,2-4H3/t14-,15+,17-/m1/s1. The van der Waals surface area contributed by atoms with E-state index in [2.05, 4.69) is 11.6 Å². The van der Waals surface area contributed by atoms with Crippen LogP contribution >= 0.6 is 23.4 Å². The molecule has 0 aliphatic carbocycles. The molecule has 0 radical (unpaired) electrons. The third kappa shape index (κ3) is 4.48. The van der Waals surface area contributed by atoms with Crippen molar-refractivity contribution in [2.75, 3.05) is 30.9 Å². The van der Waals surface area contributed by atoms with Gasteiger partial charge in [-0.2, -0.15) is 4.98 Å². The van der Waals surface area contributed by atoms with Crippen molar-refractivity contribution in [2.24, 2.45) is 0 Å². The fraction of sp³-hybridized carbons (Fsp3) is 0.370. The molecule has 1 aromatic heterocycles. The van der Waals surface area contributed by atoms with E-state index in [-0.39, 0.29) is 41.2 Å². The van der Waals surface area contributed by atoms with E-state index in [4.69, 9.17) is 16.3 Å². The number of carbonyl (C=O) groups is 1. The van der Waals surface area contributed by atoms with Gasteiger partial charge in [-0.25, -0.2) is 13.6 Å². The Kier molecular flexibility index (Phi) is 7.23. The molecular weight excluding hydrogens is 534 g/mol. The fourth-order valence-electron chi connectivity index (χ4n) is 5.47. The van der Waals surface area contributed by atoms with E-state index in [9.17, 15) is 14.0 Å². The Morgan fingerprint density at radius 2 is 1.92 bits per heavy atom. The molecule has 11 heteroatoms. The fourth-order valence-corrected chi connectivity index (χ4v) is 7.14. The van der Waals surface area contributed by atoms with Crippen molar-refractivity contribution in [3.63, 3.8) is 0 Å². The van der Waals surface area contributed by atoms with Crippen molar-refractivity contribution in [3.8, 4) is 11.1 Å². The van der Waals surface area contributed by atoms with Crippen LogP contribution in [0.4, 0.5) is 14.6 Å². The van der Waals surface area contributed by atoms with Crippen LogP contribution in [-0.4, -0.2) is 64.5 Å². The predicted octanol–water partition coefficient (Wildman–Crippen LogP) is 4.73. The lowest BCUT2D eigenvalue weighted by Gasteiger charge is -2.44. The topological polar surface area (TPSA) is 67.7 Å². The highest BCUT2D eigenvalue weighted by Gasteiger charge is 2.35. The molecule has 0 unspecified atom stereocenters. The number of thioether (sulfide) groups is 1. The minimum atomic E-state index is -0.746. The van der Waals surface area contributed by atoms with Gasteiger partial charge < -0.3 is 14.5 Å². The summed E-state index contributed by atoms with van der Waals surface area (Å²) in [5.74, 6) is -0.640. The van der Waals surface area contributed by atoms with Gasteiger partial charge in [0.05, 0.1) is 23.2 Å². The third-order valence-corrected chi connectivity index (χ3v) is 8.65. The molecule has 3 aromatic rings. The number of hydrogen-bond acceptors (Lipinski definition) is 6. The zero-order chi connectivity index (χ0) is 27.3. The summed E-state index contributed by atoms with van der Waals surface area (Å²) in [7, 11) is 1.57. The van der Waals surface area contributed by atoms with Crippen LogP contribution in [0.5, 0.6) is 0 Å². The van der Waals surface area contributed by atoms with Crippen LogP contribution in [0, 0.1) is 11.6 Å². The Hall–Kier alpha value is -2.95. The second-order valence-electron chi connectivity index (χ2n) is 9.63. The van der Waals surface area contributed by atoms with Gasteiger partial charge in [0.25, 0.3) is 0 Å². The monoisotopic (exact) mass is 560 g/mol. The van der Waals surface area contributed by atoms with Gasteiger partial charge in [-0.3, -0.25) is 9.36 Å². The highest BCUT2D eigenvalue weighted by molar-refractivity contribution is 7.99. The first-order valence-corrected chi connectivity index (χ1v) is 13.6. The zero-order valence-corrected chi connectivity index (χ0v) is 22.8. The summed E-state index contributed by atoms with van der Waals surface area (Å²) in [5, 5.41) is 0.902. The number of rotatable bonds is 4. The minimum Gasteiger partial charge on any atom is -0.379 e. The summed E-state index contributed by atoms with van der Waals surface area (Å²) in [6.07, 6.45) is 1.01. The molecule has 1 amide bonds. The minimum absolute atomic E-state index is 0.146. The van der Waals surface area contributed by atoms with Crippen LogP contribution in [0.25, 0.3) is 22.0 Å². The van der Waals surface area contributed by atoms with Crippen LogP contribution in [-0.2, 0) is 16.1 Å². The van der Waals surface area contributed by atoms with E-state index in [1.165, 1.54) is 30.0 Å². The van der Waals surface area contributed by atoms with E-state index < -0.39 is 17.3 Å². The molecule has 3 atom stereocenters. The van der Waals surface area contributed by atoms with Gasteiger partial charge in [0.15, 0.2) is 0 Å². The first kappa shape index (κ1) is 26.6. The molecule has 7 nitrogen and oxygen atoms in total. The maximum absolute atomic E-state index is 15.0. The third-order valence-electron chi connectivity index (χ3n) is 7.13. The number of piperazine rings is 1. The van der Waals surface area contributed by atoms with Gasteiger partial charge in [-0.15, -0.1) is 11.8 Å². The largest absolute Gasteiger partial charge is 0.379 e. The number of benzene rings is 2. The van der Waals surface area contributed by atoms with Crippen molar-refractivity contribution in [1.82, 2.24) is 14.5 Å². The van der Waals surface area contributed by atoms with Crippen molar-refractivity contribution >= 4 is 46.0 Å². The first-order valence-electron chi connectivity index (χ1n) is 12.2. The molecule has 3 heterocycles. The maximum atomic E-state index is 15.0. The van der Waals surface area contributed by atoms with E-state index in [0.29, 0.717) is 46.0 Å². The number of halogens is 3. The molecule has 1 saturated heterocycles. The lowest BCUT2D eigenvalue weighted by Crippen LogP contribution is -2.58. The second-order valence-corrected chi connectivity index (χ2v) is 11.1. The van der Waals surface area contributed by atoms with Crippen LogP contribution in [0.3, 0.4) is 0 Å². The molecule has 0 bridgehead atoms. The van der Waals surface area contributed by atoms with Gasteiger partial charge >= 0.3 is 5.69 Å². The summed E-state index contributed by atoms with van der Waals surface area (Å²) >= 11 is 8.24. The van der Waals surface area contributed by atoms with Crippen molar-refractivity contribution in [2.45, 2.75) is 43.5 Å². The van der Waals surface area contributed by atoms with Gasteiger partial charge in [-0.05, 0) is 38.1 Å². The number of ether oxygens (including phenoxy) is 1. The maximum Gasteiger partial charge on any atom is 0.350 e. The number of hydrogen-bond donors (Lipinski definition) is 0. The summed E-state index contributed by atoms with van der Waals surface area (Å²) in [6.45, 7) is 8.65. The lowest BCUT2D eigenvalue weighted by atomic mass is 10.0. The number of carbonyl (C=O) groups excluding carboxylic acids is 1. The number of anilines is 1. The smallest absolute Gasteiger partial charge is 0.350 e. The van der Waals surface area contributed by atoms with Crippen LogP contribution in [0.15, 0.2) is 46.6 Å². The van der Waals surface area contributed by atoms with Gasteiger partial charge in [0.1, 0.15) is 17.5 Å². The van der Waals surface area contributed by atoms with E-state index in [1.54, 1.807) is 22.6 Å². The lowest BCUT2D eigenvalue weighted by molar-refractivity contribution is -0.130. The highest BCUT2D eigenvalue weighted by Crippen LogP contribution is 2.46. The van der Waals surface area contributed by atoms with E-state index >= 15 is 4.39 Å².